The van der Waals surface area contributed by atoms with Crippen LogP contribution in [-0.2, 0) is 32.8 Å². The summed E-state index contributed by atoms with van der Waals surface area (Å²) in [6, 6.07) is 21.1. The van der Waals surface area contributed by atoms with Crippen molar-refractivity contribution in [3.8, 4) is 0 Å². The summed E-state index contributed by atoms with van der Waals surface area (Å²) in [6.07, 6.45) is 2.99. The molecule has 2 fully saturated rings. The lowest BCUT2D eigenvalue weighted by molar-refractivity contribution is -0.142. The number of hydrogen-bond donors (Lipinski definition) is 3. The minimum absolute atomic E-state index is 0.227. The number of para-hydroxylation sites is 1. The van der Waals surface area contributed by atoms with E-state index >= 15 is 0 Å². The van der Waals surface area contributed by atoms with E-state index in [0.29, 0.717) is 29.1 Å². The number of nitrogens with one attached hydrogen (secondary N) is 3. The molecule has 2 saturated heterocycles. The van der Waals surface area contributed by atoms with Gasteiger partial charge in [0, 0.05) is 35.2 Å². The molecule has 1 spiro atoms. The fourth-order valence-corrected chi connectivity index (χ4v) is 7.19. The lowest BCUT2D eigenvalue weighted by Gasteiger charge is -2.30. The average Bonchev–Trinajstić information content (AvgIpc) is 3.64. The first-order valence-corrected chi connectivity index (χ1v) is 13.6. The fourth-order valence-electron chi connectivity index (χ4n) is 6.87. The number of carbonyl (C=O) groups is 3. The summed E-state index contributed by atoms with van der Waals surface area (Å²) in [5, 5.41) is 7.95. The van der Waals surface area contributed by atoms with Crippen molar-refractivity contribution in [1.29, 1.82) is 0 Å². The van der Waals surface area contributed by atoms with Gasteiger partial charge in [0.15, 0.2) is 0 Å². The number of carbonyl (C=O) groups excluding carboxylic acids is 3. The molecule has 4 heterocycles. The molecule has 4 atom stereocenters. The first-order chi connectivity index (χ1) is 18.9. The molecule has 7 rings (SSSR count). The maximum atomic E-state index is 14.1. The summed E-state index contributed by atoms with van der Waals surface area (Å²) in [6.45, 7) is 2.18. The number of nitrogens with zero attached hydrogens (tertiary/aromatic N) is 1. The number of hydrogen-bond acceptors (Lipinski definition) is 4. The van der Waals surface area contributed by atoms with Gasteiger partial charge in [-0.1, -0.05) is 66.2 Å². The molecule has 0 unspecified atom stereocenters. The van der Waals surface area contributed by atoms with Crippen molar-refractivity contribution < 1.29 is 14.4 Å². The van der Waals surface area contributed by atoms with Gasteiger partial charge in [-0.25, -0.2) is 0 Å². The monoisotopic (exact) mass is 538 g/mol. The number of imide groups is 1. The van der Waals surface area contributed by atoms with Gasteiger partial charge in [0.2, 0.25) is 17.7 Å². The maximum Gasteiger partial charge on any atom is 0.250 e. The van der Waals surface area contributed by atoms with Crippen LogP contribution in [0.5, 0.6) is 0 Å². The number of aromatic amines is 1. The summed E-state index contributed by atoms with van der Waals surface area (Å²) in [5.74, 6) is -2.42. The fraction of sp³-hybridized carbons (Fsp3) is 0.258. The summed E-state index contributed by atoms with van der Waals surface area (Å²) >= 11 is 6.56. The van der Waals surface area contributed by atoms with Crippen LogP contribution in [0.1, 0.15) is 22.3 Å². The van der Waals surface area contributed by atoms with Crippen molar-refractivity contribution in [2.24, 2.45) is 11.8 Å². The third-order valence-corrected chi connectivity index (χ3v) is 8.89. The lowest BCUT2D eigenvalue weighted by Crippen LogP contribution is -2.53. The van der Waals surface area contributed by atoms with E-state index < -0.39 is 23.4 Å². The van der Waals surface area contributed by atoms with Gasteiger partial charge in [-0.2, -0.15) is 0 Å². The molecule has 0 aliphatic carbocycles. The molecule has 1 aromatic heterocycles. The van der Waals surface area contributed by atoms with Crippen LogP contribution in [0.2, 0.25) is 5.02 Å². The highest BCUT2D eigenvalue weighted by molar-refractivity contribution is 6.35. The van der Waals surface area contributed by atoms with Crippen LogP contribution >= 0.6 is 11.6 Å². The predicted octanol–water partition coefficient (Wildman–Crippen LogP) is 4.34. The average molecular weight is 539 g/mol. The van der Waals surface area contributed by atoms with Gasteiger partial charge in [0.25, 0.3) is 0 Å². The van der Waals surface area contributed by atoms with E-state index in [1.54, 1.807) is 6.07 Å². The Balaban J connectivity index is 1.32. The van der Waals surface area contributed by atoms with Gasteiger partial charge in [0.1, 0.15) is 5.54 Å². The molecule has 7 nitrogen and oxygen atoms in total. The summed E-state index contributed by atoms with van der Waals surface area (Å²) in [5.41, 5.74) is 3.73. The van der Waals surface area contributed by atoms with Crippen molar-refractivity contribution in [3.05, 3.63) is 100 Å². The number of rotatable bonds is 5. The Morgan fingerprint density at radius 2 is 1.74 bits per heavy atom. The summed E-state index contributed by atoms with van der Waals surface area (Å²) in [4.78, 5) is 46.6. The van der Waals surface area contributed by atoms with Crippen LogP contribution in [0.15, 0.2) is 72.9 Å². The van der Waals surface area contributed by atoms with E-state index in [-0.39, 0.29) is 24.3 Å². The SMILES string of the molecule is Cc1cc(Cl)c2c(c1)[C@]1(N[C@@H](Cc3c[nH]c4ccccc34)[C@H]3C(=O)N(CCc4ccccc4)C(=O)[C@H]31)C(=O)N2. The smallest absolute Gasteiger partial charge is 0.250 e. The number of aryl methyl sites for hydroxylation is 1. The molecule has 0 bridgehead atoms. The van der Waals surface area contributed by atoms with Gasteiger partial charge < -0.3 is 10.3 Å². The van der Waals surface area contributed by atoms with Gasteiger partial charge in [-0.15, -0.1) is 0 Å². The van der Waals surface area contributed by atoms with E-state index in [9.17, 15) is 14.4 Å². The van der Waals surface area contributed by atoms with E-state index in [1.165, 1.54) is 4.90 Å². The Bertz CT molecular complexity index is 1670. The van der Waals surface area contributed by atoms with Crippen molar-refractivity contribution in [1.82, 2.24) is 15.2 Å². The van der Waals surface area contributed by atoms with Crippen LogP contribution < -0.4 is 10.6 Å². The highest BCUT2D eigenvalue weighted by Crippen LogP contribution is 2.54. The zero-order valence-corrected chi connectivity index (χ0v) is 22.1. The van der Waals surface area contributed by atoms with Gasteiger partial charge in [-0.3, -0.25) is 24.6 Å². The highest BCUT2D eigenvalue weighted by atomic mass is 35.5. The van der Waals surface area contributed by atoms with Gasteiger partial charge in [0.05, 0.1) is 22.5 Å². The van der Waals surface area contributed by atoms with Crippen LogP contribution in [0, 0.1) is 18.8 Å². The Kier molecular flexibility index (Phi) is 5.44. The topological polar surface area (TPSA) is 94.3 Å². The van der Waals surface area contributed by atoms with Crippen LogP contribution in [-0.4, -0.2) is 40.2 Å². The normalized spacial score (nSPS) is 25.5. The third kappa shape index (κ3) is 3.50. The first kappa shape index (κ1) is 24.1. The molecule has 3 aliphatic heterocycles. The quantitative estimate of drug-likeness (QED) is 0.330. The van der Waals surface area contributed by atoms with Crippen molar-refractivity contribution in [2.75, 3.05) is 11.9 Å². The Morgan fingerprint density at radius 1 is 0.974 bits per heavy atom. The van der Waals surface area contributed by atoms with Gasteiger partial charge >= 0.3 is 0 Å². The molecule has 4 aromatic rings. The van der Waals surface area contributed by atoms with E-state index in [1.807, 2.05) is 73.8 Å². The van der Waals surface area contributed by atoms with Crippen LogP contribution in [0.3, 0.4) is 0 Å². The van der Waals surface area contributed by atoms with Crippen molar-refractivity contribution in [2.45, 2.75) is 31.3 Å². The molecule has 8 heteroatoms. The Morgan fingerprint density at radius 3 is 2.56 bits per heavy atom. The number of halogens is 1. The second-order valence-electron chi connectivity index (χ2n) is 10.8. The molecule has 0 radical (unpaired) electrons. The number of benzene rings is 3. The Hall–Kier alpha value is -3.94. The van der Waals surface area contributed by atoms with E-state index in [2.05, 4.69) is 15.6 Å². The number of H-pyrrole nitrogens is 1. The molecule has 0 saturated carbocycles. The maximum absolute atomic E-state index is 14.1. The largest absolute Gasteiger partial charge is 0.361 e. The number of anilines is 1. The second kappa shape index (κ2) is 8.79. The van der Waals surface area contributed by atoms with Crippen LogP contribution in [0.25, 0.3) is 10.9 Å². The number of likely N-dealkylation sites (tertiary alicyclic amines) is 1. The van der Waals surface area contributed by atoms with Crippen molar-refractivity contribution >= 4 is 45.9 Å². The zero-order chi connectivity index (χ0) is 26.9. The molecule has 3 aromatic carbocycles. The van der Waals surface area contributed by atoms with E-state index in [0.717, 1.165) is 27.6 Å². The molecular weight excluding hydrogens is 512 g/mol. The summed E-state index contributed by atoms with van der Waals surface area (Å²) < 4.78 is 0. The van der Waals surface area contributed by atoms with Gasteiger partial charge in [-0.05, 0) is 48.6 Å². The minimum Gasteiger partial charge on any atom is -0.361 e. The van der Waals surface area contributed by atoms with E-state index in [4.69, 9.17) is 11.6 Å². The minimum atomic E-state index is -1.37. The van der Waals surface area contributed by atoms with Crippen LogP contribution in [0.4, 0.5) is 5.69 Å². The number of fused-ring (bicyclic) bond motifs is 5. The molecular formula is C31H27ClN4O3. The lowest BCUT2D eigenvalue weighted by atomic mass is 9.76. The standard InChI is InChI=1S/C31H27ClN4O3/c1-17-13-21-27(22(32)14-17)34-30(39)31(21)26-25(24(35-31)15-19-16-33-23-10-6-5-9-20(19)23)28(37)36(29(26)38)12-11-18-7-3-2-4-8-18/h2-10,13-14,16,24-26,33,35H,11-12,15H2,1H3,(H,34,39)/t24-,25+,26-,31+/m0/s1. The number of aromatic nitrogens is 1. The summed E-state index contributed by atoms with van der Waals surface area (Å²) in [7, 11) is 0. The second-order valence-corrected chi connectivity index (χ2v) is 11.2. The van der Waals surface area contributed by atoms with Crippen molar-refractivity contribution in [3.63, 3.8) is 0 Å². The predicted molar refractivity (Wildman–Crippen MR) is 149 cm³/mol. The third-order valence-electron chi connectivity index (χ3n) is 8.59. The molecule has 3 amide bonds. The highest BCUT2D eigenvalue weighted by Gasteiger charge is 2.70. The zero-order valence-electron chi connectivity index (χ0n) is 21.3. The Labute approximate surface area is 230 Å². The first-order valence-electron chi connectivity index (χ1n) is 13.2. The molecule has 39 heavy (non-hydrogen) atoms. The molecule has 196 valence electrons. The number of amides is 3. The molecule has 3 aliphatic rings. The molecule has 3 N–H and O–H groups in total.